The fraction of sp³-hybridized carbons (Fsp3) is 0.385. The van der Waals surface area contributed by atoms with Gasteiger partial charge in [-0.3, -0.25) is 4.79 Å². The molecule has 5 heteroatoms. The fourth-order valence-electron chi connectivity index (χ4n) is 2.41. The summed E-state index contributed by atoms with van der Waals surface area (Å²) in [7, 11) is 0. The van der Waals surface area contributed by atoms with Crippen LogP contribution in [0.15, 0.2) is 24.3 Å². The van der Waals surface area contributed by atoms with Crippen molar-refractivity contribution in [3.63, 3.8) is 0 Å². The van der Waals surface area contributed by atoms with Crippen LogP contribution in [0.1, 0.15) is 19.8 Å². The van der Waals surface area contributed by atoms with Crippen LogP contribution in [0.3, 0.4) is 0 Å². The van der Waals surface area contributed by atoms with Crippen molar-refractivity contribution in [2.45, 2.75) is 19.8 Å². The first-order valence-electron chi connectivity index (χ1n) is 5.81. The highest BCUT2D eigenvalue weighted by atomic mass is 35.5. The predicted molar refractivity (Wildman–Crippen MR) is 77.7 cm³/mol. The van der Waals surface area contributed by atoms with Crippen molar-refractivity contribution in [2.24, 2.45) is 17.1 Å². The van der Waals surface area contributed by atoms with Crippen molar-refractivity contribution in [1.29, 1.82) is 0 Å². The highest BCUT2D eigenvalue weighted by Gasteiger charge is 2.50. The third kappa shape index (κ3) is 2.35. The number of benzene rings is 1. The van der Waals surface area contributed by atoms with Crippen LogP contribution in [0.2, 0.25) is 5.02 Å². The molecule has 0 atom stereocenters. The molecular formula is C13H15ClN2OS. The lowest BCUT2D eigenvalue weighted by Crippen LogP contribution is -2.53. The van der Waals surface area contributed by atoms with Gasteiger partial charge in [0.05, 0.1) is 10.4 Å². The molecule has 0 radical (unpaired) electrons. The molecule has 3 N–H and O–H groups in total. The summed E-state index contributed by atoms with van der Waals surface area (Å²) >= 11 is 10.8. The van der Waals surface area contributed by atoms with Crippen LogP contribution in [0.25, 0.3) is 0 Å². The minimum Gasteiger partial charge on any atom is -0.392 e. The topological polar surface area (TPSA) is 55.1 Å². The number of thiocarbonyl (C=S) groups is 1. The lowest BCUT2D eigenvalue weighted by molar-refractivity contribution is -0.127. The largest absolute Gasteiger partial charge is 0.392 e. The number of nitrogens with two attached hydrogens (primary N) is 1. The molecule has 96 valence electrons. The normalized spacial score (nSPS) is 26.2. The maximum absolute atomic E-state index is 12.3. The summed E-state index contributed by atoms with van der Waals surface area (Å²) in [6.07, 6.45) is 1.45. The van der Waals surface area contributed by atoms with Crippen LogP contribution in [0.5, 0.6) is 0 Å². The third-order valence-electron chi connectivity index (χ3n) is 3.40. The highest BCUT2D eigenvalue weighted by Crippen LogP contribution is 2.46. The Bertz CT molecular complexity index is 480. The van der Waals surface area contributed by atoms with Crippen LogP contribution in [-0.4, -0.2) is 10.9 Å². The van der Waals surface area contributed by atoms with E-state index in [0.717, 1.165) is 12.8 Å². The summed E-state index contributed by atoms with van der Waals surface area (Å²) in [5, 5.41) is 3.48. The number of rotatable bonds is 3. The zero-order valence-corrected chi connectivity index (χ0v) is 11.6. The molecule has 0 aromatic heterocycles. The van der Waals surface area contributed by atoms with E-state index in [1.807, 2.05) is 0 Å². The van der Waals surface area contributed by atoms with Gasteiger partial charge in [0.1, 0.15) is 0 Å². The molecule has 1 fully saturated rings. The smallest absolute Gasteiger partial charge is 0.237 e. The molecule has 0 saturated heterocycles. The van der Waals surface area contributed by atoms with E-state index < -0.39 is 5.41 Å². The average molecular weight is 283 g/mol. The van der Waals surface area contributed by atoms with Crippen molar-refractivity contribution in [3.05, 3.63) is 29.3 Å². The molecule has 1 aliphatic rings. The third-order valence-corrected chi connectivity index (χ3v) is 4.04. The molecule has 0 spiro atoms. The number of amides is 1. The SMILES string of the molecule is CC1CC(C(=O)Nc2ccc(Cl)cc2)(C(N)=S)C1. The first kappa shape index (κ1) is 13.3. The number of hydrogen-bond donors (Lipinski definition) is 2. The van der Waals surface area contributed by atoms with Crippen molar-refractivity contribution in [1.82, 2.24) is 0 Å². The van der Waals surface area contributed by atoms with Gasteiger partial charge in [-0.05, 0) is 43.0 Å². The molecule has 1 amide bonds. The summed E-state index contributed by atoms with van der Waals surface area (Å²) in [6, 6.07) is 6.98. The maximum Gasteiger partial charge on any atom is 0.237 e. The van der Waals surface area contributed by atoms with E-state index in [1.54, 1.807) is 24.3 Å². The van der Waals surface area contributed by atoms with Crippen LogP contribution >= 0.6 is 23.8 Å². The molecule has 1 saturated carbocycles. The fourth-order valence-corrected chi connectivity index (χ4v) is 2.80. The molecule has 2 rings (SSSR count). The van der Waals surface area contributed by atoms with Gasteiger partial charge in [-0.2, -0.15) is 0 Å². The number of carbonyl (C=O) groups excluding carboxylic acids is 1. The van der Waals surface area contributed by atoms with Crippen LogP contribution in [0.4, 0.5) is 5.69 Å². The second kappa shape index (κ2) is 4.86. The summed E-state index contributed by atoms with van der Waals surface area (Å²) in [5.41, 5.74) is 5.76. The van der Waals surface area contributed by atoms with Crippen molar-refractivity contribution in [3.8, 4) is 0 Å². The van der Waals surface area contributed by atoms with Gasteiger partial charge in [-0.15, -0.1) is 0 Å². The number of carbonyl (C=O) groups is 1. The number of nitrogens with one attached hydrogen (secondary N) is 1. The molecule has 0 unspecified atom stereocenters. The summed E-state index contributed by atoms with van der Waals surface area (Å²) in [4.78, 5) is 12.6. The molecule has 0 aliphatic heterocycles. The van der Waals surface area contributed by atoms with E-state index in [1.165, 1.54) is 0 Å². The van der Waals surface area contributed by atoms with E-state index in [-0.39, 0.29) is 10.9 Å². The summed E-state index contributed by atoms with van der Waals surface area (Å²) < 4.78 is 0. The quantitative estimate of drug-likeness (QED) is 0.838. The number of anilines is 1. The summed E-state index contributed by atoms with van der Waals surface area (Å²) in [5.74, 6) is 0.373. The Balaban J connectivity index is 2.11. The lowest BCUT2D eigenvalue weighted by Gasteiger charge is -2.44. The Morgan fingerprint density at radius 1 is 1.44 bits per heavy atom. The first-order valence-corrected chi connectivity index (χ1v) is 6.59. The average Bonchev–Trinajstić information content (AvgIpc) is 2.27. The predicted octanol–water partition coefficient (Wildman–Crippen LogP) is 2.98. The van der Waals surface area contributed by atoms with E-state index in [4.69, 9.17) is 29.6 Å². The Labute approximate surface area is 117 Å². The van der Waals surface area contributed by atoms with Crippen molar-refractivity contribution in [2.75, 3.05) is 5.32 Å². The van der Waals surface area contributed by atoms with Crippen LogP contribution in [-0.2, 0) is 4.79 Å². The van der Waals surface area contributed by atoms with Gasteiger partial charge in [-0.25, -0.2) is 0 Å². The highest BCUT2D eigenvalue weighted by molar-refractivity contribution is 7.80. The second-order valence-electron chi connectivity index (χ2n) is 4.92. The number of halogens is 1. The molecule has 0 bridgehead atoms. The van der Waals surface area contributed by atoms with E-state index in [0.29, 0.717) is 16.6 Å². The maximum atomic E-state index is 12.3. The van der Waals surface area contributed by atoms with Gasteiger partial charge in [-0.1, -0.05) is 30.7 Å². The van der Waals surface area contributed by atoms with Gasteiger partial charge >= 0.3 is 0 Å². The minimum atomic E-state index is -0.672. The molecule has 0 heterocycles. The van der Waals surface area contributed by atoms with Gasteiger partial charge in [0.25, 0.3) is 0 Å². The van der Waals surface area contributed by atoms with Crippen LogP contribution < -0.4 is 11.1 Å². The van der Waals surface area contributed by atoms with Crippen molar-refractivity contribution >= 4 is 40.4 Å². The Morgan fingerprint density at radius 3 is 2.44 bits per heavy atom. The first-order chi connectivity index (χ1) is 8.44. The van der Waals surface area contributed by atoms with Gasteiger partial charge in [0.2, 0.25) is 5.91 Å². The molecule has 1 aromatic carbocycles. The number of hydrogen-bond acceptors (Lipinski definition) is 2. The van der Waals surface area contributed by atoms with E-state index >= 15 is 0 Å². The van der Waals surface area contributed by atoms with E-state index in [9.17, 15) is 4.79 Å². The minimum absolute atomic E-state index is 0.115. The monoisotopic (exact) mass is 282 g/mol. The van der Waals surface area contributed by atoms with Crippen molar-refractivity contribution < 1.29 is 4.79 Å². The Kier molecular flexibility index (Phi) is 3.59. The van der Waals surface area contributed by atoms with E-state index in [2.05, 4.69) is 12.2 Å². The second-order valence-corrected chi connectivity index (χ2v) is 5.80. The Hall–Kier alpha value is -1.13. The standard InChI is InChI=1S/C13H15ClN2OS/c1-8-6-13(7-8,11(15)18)12(17)16-10-4-2-9(14)3-5-10/h2-5,8H,6-7H2,1H3,(H2,15,18)(H,16,17). The molecule has 18 heavy (non-hydrogen) atoms. The van der Waals surface area contributed by atoms with Crippen LogP contribution in [0, 0.1) is 11.3 Å². The van der Waals surface area contributed by atoms with Gasteiger partial charge in [0.15, 0.2) is 0 Å². The van der Waals surface area contributed by atoms with Gasteiger partial charge < -0.3 is 11.1 Å². The molecular weight excluding hydrogens is 268 g/mol. The zero-order valence-electron chi connectivity index (χ0n) is 10.1. The Morgan fingerprint density at radius 2 is 2.00 bits per heavy atom. The summed E-state index contributed by atoms with van der Waals surface area (Å²) in [6.45, 7) is 2.09. The molecule has 1 aliphatic carbocycles. The molecule has 3 nitrogen and oxygen atoms in total. The molecule has 1 aromatic rings. The van der Waals surface area contributed by atoms with Gasteiger partial charge in [0, 0.05) is 10.7 Å². The lowest BCUT2D eigenvalue weighted by atomic mass is 9.62. The zero-order chi connectivity index (χ0) is 13.3.